The van der Waals surface area contributed by atoms with Crippen molar-refractivity contribution in [3.8, 4) is 0 Å². The Morgan fingerprint density at radius 3 is 2.42 bits per heavy atom. The van der Waals surface area contributed by atoms with Crippen LogP contribution in [0.1, 0.15) is 43.9 Å². The van der Waals surface area contributed by atoms with Crippen molar-refractivity contribution < 1.29 is 0 Å². The molecule has 2 heteroatoms. The van der Waals surface area contributed by atoms with E-state index in [0.29, 0.717) is 6.04 Å². The molecule has 2 nitrogen and oxygen atoms in total. The second kappa shape index (κ2) is 7.06. The van der Waals surface area contributed by atoms with Gasteiger partial charge in [0, 0.05) is 12.6 Å². The number of benzene rings is 1. The molecule has 1 saturated heterocycles. The lowest BCUT2D eigenvalue weighted by Gasteiger charge is -2.33. The first-order chi connectivity index (χ1) is 9.19. The lowest BCUT2D eigenvalue weighted by Crippen LogP contribution is -2.39. The van der Waals surface area contributed by atoms with Gasteiger partial charge < -0.3 is 10.2 Å². The number of piperidine rings is 1. The van der Waals surface area contributed by atoms with Crippen LogP contribution in [0, 0.1) is 12.8 Å². The molecule has 0 aliphatic carbocycles. The zero-order valence-corrected chi connectivity index (χ0v) is 12.7. The monoisotopic (exact) mass is 260 g/mol. The highest BCUT2D eigenvalue weighted by molar-refractivity contribution is 5.24. The smallest absolute Gasteiger partial charge is 0.0449 e. The van der Waals surface area contributed by atoms with Crippen molar-refractivity contribution in [2.45, 2.75) is 39.7 Å². The van der Waals surface area contributed by atoms with Crippen LogP contribution in [0.3, 0.4) is 0 Å². The average molecular weight is 260 g/mol. The van der Waals surface area contributed by atoms with Gasteiger partial charge in [0.25, 0.3) is 0 Å². The van der Waals surface area contributed by atoms with E-state index in [1.165, 1.54) is 37.1 Å². The largest absolute Gasteiger partial charge is 0.309 e. The van der Waals surface area contributed by atoms with Crippen molar-refractivity contribution in [1.29, 1.82) is 0 Å². The fraction of sp³-hybridized carbons (Fsp3) is 0.647. The summed E-state index contributed by atoms with van der Waals surface area (Å²) in [6.45, 7) is 11.4. The van der Waals surface area contributed by atoms with Gasteiger partial charge in [-0.1, -0.05) is 43.7 Å². The number of hydrogen-bond donors (Lipinski definition) is 1. The molecule has 1 aromatic rings. The maximum absolute atomic E-state index is 3.64. The Bertz CT molecular complexity index is 363. The van der Waals surface area contributed by atoms with Gasteiger partial charge in [0.05, 0.1) is 0 Å². The van der Waals surface area contributed by atoms with E-state index < -0.39 is 0 Å². The Morgan fingerprint density at radius 1 is 1.21 bits per heavy atom. The van der Waals surface area contributed by atoms with Crippen molar-refractivity contribution in [3.05, 3.63) is 35.4 Å². The minimum Gasteiger partial charge on any atom is -0.309 e. The molecule has 2 rings (SSSR count). The van der Waals surface area contributed by atoms with Crippen molar-refractivity contribution in [1.82, 2.24) is 10.2 Å². The molecular formula is C17H28N2. The molecule has 0 amide bonds. The maximum atomic E-state index is 3.64. The van der Waals surface area contributed by atoms with Crippen molar-refractivity contribution >= 4 is 0 Å². The Labute approximate surface area is 118 Å². The number of likely N-dealkylation sites (tertiary alicyclic amines) is 1. The van der Waals surface area contributed by atoms with Crippen LogP contribution >= 0.6 is 0 Å². The summed E-state index contributed by atoms with van der Waals surface area (Å²) in [6.07, 6.45) is 2.71. The second-order valence-electron chi connectivity index (χ2n) is 6.00. The van der Waals surface area contributed by atoms with Crippen LogP contribution in [0.2, 0.25) is 0 Å². The first-order valence-electron chi connectivity index (χ1n) is 7.71. The van der Waals surface area contributed by atoms with Gasteiger partial charge in [-0.3, -0.25) is 0 Å². The molecule has 19 heavy (non-hydrogen) atoms. The van der Waals surface area contributed by atoms with Gasteiger partial charge in [-0.2, -0.15) is 0 Å². The van der Waals surface area contributed by atoms with E-state index in [0.717, 1.165) is 19.0 Å². The predicted octanol–water partition coefficient (Wildman–Crippen LogP) is 3.38. The Morgan fingerprint density at radius 2 is 1.84 bits per heavy atom. The van der Waals surface area contributed by atoms with Crippen LogP contribution in [-0.4, -0.2) is 31.1 Å². The first-order valence-corrected chi connectivity index (χ1v) is 7.71. The molecular weight excluding hydrogens is 232 g/mol. The third kappa shape index (κ3) is 4.32. The molecule has 0 radical (unpaired) electrons. The number of likely N-dealkylation sites (N-methyl/N-ethyl adjacent to an activating group) is 1. The summed E-state index contributed by atoms with van der Waals surface area (Å²) >= 11 is 0. The van der Waals surface area contributed by atoms with E-state index in [2.05, 4.69) is 55.3 Å². The number of aryl methyl sites for hydroxylation is 1. The van der Waals surface area contributed by atoms with Crippen LogP contribution in [-0.2, 0) is 0 Å². The van der Waals surface area contributed by atoms with Crippen LogP contribution in [0.15, 0.2) is 24.3 Å². The van der Waals surface area contributed by atoms with E-state index in [1.54, 1.807) is 0 Å². The minimum absolute atomic E-state index is 0.471. The second-order valence-corrected chi connectivity index (χ2v) is 6.00. The predicted molar refractivity (Wildman–Crippen MR) is 82.4 cm³/mol. The highest BCUT2D eigenvalue weighted by Crippen LogP contribution is 2.20. The summed E-state index contributed by atoms with van der Waals surface area (Å²) < 4.78 is 0. The quantitative estimate of drug-likeness (QED) is 0.873. The zero-order chi connectivity index (χ0) is 13.7. The molecule has 0 spiro atoms. The topological polar surface area (TPSA) is 15.3 Å². The highest BCUT2D eigenvalue weighted by Gasteiger charge is 2.19. The van der Waals surface area contributed by atoms with Gasteiger partial charge in [0.1, 0.15) is 0 Å². The Balaban J connectivity index is 1.97. The van der Waals surface area contributed by atoms with Gasteiger partial charge in [0.15, 0.2) is 0 Å². The van der Waals surface area contributed by atoms with Crippen LogP contribution in [0.4, 0.5) is 0 Å². The molecule has 0 saturated carbocycles. The summed E-state index contributed by atoms with van der Waals surface area (Å²) in [7, 11) is 0. The summed E-state index contributed by atoms with van der Waals surface area (Å²) in [5, 5.41) is 3.64. The van der Waals surface area contributed by atoms with Gasteiger partial charge in [-0.25, -0.2) is 0 Å². The summed E-state index contributed by atoms with van der Waals surface area (Å²) in [6, 6.07) is 9.46. The number of nitrogens with zero attached hydrogens (tertiary/aromatic N) is 1. The SMILES string of the molecule is CCNC(CN1CCC(C)CC1)c1ccc(C)cc1. The first kappa shape index (κ1) is 14.5. The summed E-state index contributed by atoms with van der Waals surface area (Å²) in [4.78, 5) is 2.62. The van der Waals surface area contributed by atoms with Crippen molar-refractivity contribution in [2.24, 2.45) is 5.92 Å². The fourth-order valence-electron chi connectivity index (χ4n) is 2.84. The van der Waals surface area contributed by atoms with Gasteiger partial charge in [0.2, 0.25) is 0 Å². The fourth-order valence-corrected chi connectivity index (χ4v) is 2.84. The minimum atomic E-state index is 0.471. The lowest BCUT2D eigenvalue weighted by molar-refractivity contribution is 0.175. The number of hydrogen-bond acceptors (Lipinski definition) is 2. The summed E-state index contributed by atoms with van der Waals surface area (Å²) in [5.41, 5.74) is 2.76. The van der Waals surface area contributed by atoms with Crippen LogP contribution < -0.4 is 5.32 Å². The molecule has 1 fully saturated rings. The van der Waals surface area contributed by atoms with E-state index in [4.69, 9.17) is 0 Å². The van der Waals surface area contributed by atoms with Crippen molar-refractivity contribution in [3.63, 3.8) is 0 Å². The normalized spacial score (nSPS) is 19.5. The van der Waals surface area contributed by atoms with E-state index in [9.17, 15) is 0 Å². The van der Waals surface area contributed by atoms with E-state index >= 15 is 0 Å². The van der Waals surface area contributed by atoms with E-state index in [1.807, 2.05) is 0 Å². The van der Waals surface area contributed by atoms with E-state index in [-0.39, 0.29) is 0 Å². The molecule has 1 atom stereocenters. The molecule has 1 N–H and O–H groups in total. The van der Waals surface area contributed by atoms with Gasteiger partial charge in [-0.05, 0) is 50.9 Å². The Hall–Kier alpha value is -0.860. The third-order valence-electron chi connectivity index (χ3n) is 4.25. The van der Waals surface area contributed by atoms with Gasteiger partial charge in [-0.15, -0.1) is 0 Å². The molecule has 1 aliphatic heterocycles. The zero-order valence-electron chi connectivity index (χ0n) is 12.7. The maximum Gasteiger partial charge on any atom is 0.0449 e. The molecule has 106 valence electrons. The average Bonchev–Trinajstić information content (AvgIpc) is 2.42. The van der Waals surface area contributed by atoms with Crippen molar-refractivity contribution in [2.75, 3.05) is 26.2 Å². The Kier molecular flexibility index (Phi) is 5.41. The number of nitrogens with one attached hydrogen (secondary N) is 1. The highest BCUT2D eigenvalue weighted by atomic mass is 15.2. The van der Waals surface area contributed by atoms with Gasteiger partial charge >= 0.3 is 0 Å². The molecule has 1 aromatic carbocycles. The standard InChI is InChI=1S/C17H28N2/c1-4-18-17(16-7-5-14(2)6-8-16)13-19-11-9-15(3)10-12-19/h5-8,15,17-18H,4,9-13H2,1-3H3. The van der Waals surface area contributed by atoms with Crippen LogP contribution in [0.5, 0.6) is 0 Å². The third-order valence-corrected chi connectivity index (χ3v) is 4.25. The lowest BCUT2D eigenvalue weighted by atomic mass is 9.97. The molecule has 1 aliphatic rings. The summed E-state index contributed by atoms with van der Waals surface area (Å²) in [5.74, 6) is 0.910. The number of rotatable bonds is 5. The molecule has 1 heterocycles. The molecule has 0 bridgehead atoms. The molecule has 0 aromatic heterocycles. The van der Waals surface area contributed by atoms with Crippen LogP contribution in [0.25, 0.3) is 0 Å². The molecule has 1 unspecified atom stereocenters.